The third-order valence-electron chi connectivity index (χ3n) is 4.60. The third kappa shape index (κ3) is 6.41. The average Bonchev–Trinajstić information content (AvgIpc) is 3.25. The molecule has 3 rings (SSSR count). The summed E-state index contributed by atoms with van der Waals surface area (Å²) in [5, 5.41) is 12.4. The van der Waals surface area contributed by atoms with Gasteiger partial charge in [0.15, 0.2) is 11.0 Å². The van der Waals surface area contributed by atoms with E-state index in [2.05, 4.69) is 22.1 Å². The second-order valence-electron chi connectivity index (χ2n) is 6.95. The third-order valence-corrected chi connectivity index (χ3v) is 6.30. The zero-order valence-corrected chi connectivity index (χ0v) is 21.0. The number of nitrogens with zero attached hydrogens (tertiary/aromatic N) is 3. The molecule has 1 amide bonds. The molecule has 0 saturated heterocycles. The molecular weight excluding hydrogens is 515 g/mol. The van der Waals surface area contributed by atoms with Crippen molar-refractivity contribution in [1.29, 1.82) is 0 Å². The minimum Gasteiger partial charge on any atom is -0.465 e. The number of thioether (sulfide) groups is 1. The first-order chi connectivity index (χ1) is 16.8. The highest BCUT2D eigenvalue weighted by atomic mass is 35.5. The smallest absolute Gasteiger partial charge is 0.337 e. The fourth-order valence-corrected chi connectivity index (χ4v) is 4.08. The van der Waals surface area contributed by atoms with Gasteiger partial charge in [0.05, 0.1) is 41.1 Å². The Morgan fingerprint density at radius 2 is 1.69 bits per heavy atom. The molecule has 0 bridgehead atoms. The minimum absolute atomic E-state index is 0.0212. The number of carbonyl (C=O) groups is 3. The number of benzene rings is 2. The molecule has 35 heavy (non-hydrogen) atoms. The maximum atomic E-state index is 12.6. The Hall–Kier alpha value is -3.34. The van der Waals surface area contributed by atoms with Crippen LogP contribution in [0.2, 0.25) is 10.0 Å². The molecule has 3 aromatic rings. The van der Waals surface area contributed by atoms with Crippen LogP contribution in [0, 0.1) is 0 Å². The van der Waals surface area contributed by atoms with Crippen LogP contribution in [0.5, 0.6) is 0 Å². The second-order valence-corrected chi connectivity index (χ2v) is 8.71. The number of methoxy groups -OCH3 is 2. The molecule has 0 fully saturated rings. The van der Waals surface area contributed by atoms with Crippen LogP contribution in [-0.4, -0.2) is 52.6 Å². The monoisotopic (exact) mass is 534 g/mol. The highest BCUT2D eigenvalue weighted by Crippen LogP contribution is 2.30. The molecule has 1 heterocycles. The largest absolute Gasteiger partial charge is 0.465 e. The van der Waals surface area contributed by atoms with E-state index in [1.807, 2.05) is 0 Å². The van der Waals surface area contributed by atoms with Crippen LogP contribution in [0.15, 0.2) is 54.2 Å². The number of anilines is 1. The SMILES string of the molecule is C=CCn1c(SCC(=O)Nc2cc(C(=O)OC)cc(C(=O)OC)c2)nnc1-c1ccc(Cl)c(Cl)c1. The van der Waals surface area contributed by atoms with Crippen LogP contribution in [0.25, 0.3) is 11.4 Å². The number of aromatic nitrogens is 3. The van der Waals surface area contributed by atoms with Gasteiger partial charge in [-0.05, 0) is 36.4 Å². The predicted octanol–water partition coefficient (Wildman–Crippen LogP) is 4.74. The Kier molecular flexibility index (Phi) is 8.91. The number of nitrogens with one attached hydrogen (secondary N) is 1. The maximum absolute atomic E-state index is 12.6. The van der Waals surface area contributed by atoms with Crippen molar-refractivity contribution >= 4 is 58.5 Å². The Morgan fingerprint density at radius 1 is 1.03 bits per heavy atom. The molecule has 0 unspecified atom stereocenters. The van der Waals surface area contributed by atoms with Gasteiger partial charge in [-0.1, -0.05) is 41.0 Å². The Morgan fingerprint density at radius 3 is 2.26 bits per heavy atom. The molecule has 1 aromatic heterocycles. The van der Waals surface area contributed by atoms with Crippen molar-refractivity contribution in [3.05, 3.63) is 70.2 Å². The van der Waals surface area contributed by atoms with Gasteiger partial charge in [-0.15, -0.1) is 16.8 Å². The lowest BCUT2D eigenvalue weighted by Crippen LogP contribution is -2.16. The number of allylic oxidation sites excluding steroid dienone is 1. The van der Waals surface area contributed by atoms with Gasteiger partial charge in [0, 0.05) is 17.8 Å². The molecule has 0 aliphatic heterocycles. The standard InChI is InChI=1S/C23H20Cl2N4O5S/c1-4-7-29-20(13-5-6-17(24)18(25)11-13)27-28-23(29)35-12-19(30)26-16-9-14(21(31)33-2)8-15(10-16)22(32)34-3/h4-6,8-11H,1,7,12H2,2-3H3,(H,26,30). The van der Waals surface area contributed by atoms with E-state index in [0.717, 1.165) is 11.8 Å². The van der Waals surface area contributed by atoms with E-state index in [-0.39, 0.29) is 22.6 Å². The molecule has 1 N–H and O–H groups in total. The van der Waals surface area contributed by atoms with Gasteiger partial charge >= 0.3 is 11.9 Å². The normalized spacial score (nSPS) is 10.5. The first-order valence-electron chi connectivity index (χ1n) is 10.0. The molecule has 0 saturated carbocycles. The van der Waals surface area contributed by atoms with Gasteiger partial charge in [0.25, 0.3) is 0 Å². The summed E-state index contributed by atoms with van der Waals surface area (Å²) in [5.74, 6) is -1.19. The maximum Gasteiger partial charge on any atom is 0.337 e. The number of carbonyl (C=O) groups excluding carboxylic acids is 3. The summed E-state index contributed by atoms with van der Waals surface area (Å²) in [6.45, 7) is 4.16. The van der Waals surface area contributed by atoms with E-state index in [1.54, 1.807) is 28.8 Å². The van der Waals surface area contributed by atoms with Gasteiger partial charge in [-0.2, -0.15) is 0 Å². The average molecular weight is 535 g/mol. The molecule has 0 aliphatic rings. The summed E-state index contributed by atoms with van der Waals surface area (Å²) in [6.07, 6.45) is 1.68. The quantitative estimate of drug-likeness (QED) is 0.238. The van der Waals surface area contributed by atoms with Crippen molar-refractivity contribution in [2.75, 3.05) is 25.3 Å². The van der Waals surface area contributed by atoms with Crippen LogP contribution >= 0.6 is 35.0 Å². The first-order valence-corrected chi connectivity index (χ1v) is 11.8. The van der Waals surface area contributed by atoms with Crippen LogP contribution in [0.3, 0.4) is 0 Å². The lowest BCUT2D eigenvalue weighted by Gasteiger charge is -2.10. The minimum atomic E-state index is -0.659. The van der Waals surface area contributed by atoms with Crippen LogP contribution in [-0.2, 0) is 20.8 Å². The number of ether oxygens (including phenoxy) is 2. The zero-order chi connectivity index (χ0) is 25.5. The van der Waals surface area contributed by atoms with E-state index in [0.29, 0.717) is 33.1 Å². The van der Waals surface area contributed by atoms with Crippen LogP contribution in [0.4, 0.5) is 5.69 Å². The van der Waals surface area contributed by atoms with E-state index in [9.17, 15) is 14.4 Å². The Bertz CT molecular complexity index is 1260. The first kappa shape index (κ1) is 26.3. The number of rotatable bonds is 9. The van der Waals surface area contributed by atoms with Gasteiger partial charge < -0.3 is 14.8 Å². The predicted molar refractivity (Wildman–Crippen MR) is 134 cm³/mol. The summed E-state index contributed by atoms with van der Waals surface area (Å²) >= 11 is 13.3. The number of halogens is 2. The van der Waals surface area contributed by atoms with E-state index in [1.165, 1.54) is 32.4 Å². The molecule has 12 heteroatoms. The fourth-order valence-electron chi connectivity index (χ4n) is 3.04. The van der Waals surface area contributed by atoms with Crippen molar-refractivity contribution < 1.29 is 23.9 Å². The van der Waals surface area contributed by atoms with Gasteiger partial charge in [0.1, 0.15) is 0 Å². The van der Waals surface area contributed by atoms with Crippen molar-refractivity contribution in [2.24, 2.45) is 0 Å². The molecule has 9 nitrogen and oxygen atoms in total. The number of hydrogen-bond donors (Lipinski definition) is 1. The van der Waals surface area contributed by atoms with E-state index >= 15 is 0 Å². The number of esters is 2. The molecule has 0 radical (unpaired) electrons. The van der Waals surface area contributed by atoms with Crippen molar-refractivity contribution in [3.63, 3.8) is 0 Å². The topological polar surface area (TPSA) is 112 Å². The zero-order valence-electron chi connectivity index (χ0n) is 18.7. The Balaban J connectivity index is 1.78. The summed E-state index contributed by atoms with van der Waals surface area (Å²) in [5.41, 5.74) is 1.13. The molecule has 2 aromatic carbocycles. The van der Waals surface area contributed by atoms with Gasteiger partial charge in [-0.25, -0.2) is 9.59 Å². The van der Waals surface area contributed by atoms with Crippen LogP contribution in [0.1, 0.15) is 20.7 Å². The molecule has 0 aliphatic carbocycles. The fraction of sp³-hybridized carbons (Fsp3) is 0.174. The lowest BCUT2D eigenvalue weighted by molar-refractivity contribution is -0.113. The summed E-state index contributed by atoms with van der Waals surface area (Å²) in [4.78, 5) is 36.5. The highest BCUT2D eigenvalue weighted by Gasteiger charge is 2.18. The summed E-state index contributed by atoms with van der Waals surface area (Å²) < 4.78 is 11.2. The molecular formula is C23H20Cl2N4O5S. The van der Waals surface area contributed by atoms with Crippen LogP contribution < -0.4 is 5.32 Å². The summed E-state index contributed by atoms with van der Waals surface area (Å²) in [7, 11) is 2.43. The van der Waals surface area contributed by atoms with Gasteiger partial charge in [0.2, 0.25) is 5.91 Å². The van der Waals surface area contributed by atoms with Crippen molar-refractivity contribution in [2.45, 2.75) is 11.7 Å². The molecule has 0 spiro atoms. The van der Waals surface area contributed by atoms with Crippen molar-refractivity contribution in [1.82, 2.24) is 14.8 Å². The number of hydrogen-bond acceptors (Lipinski definition) is 8. The van der Waals surface area contributed by atoms with Crippen molar-refractivity contribution in [3.8, 4) is 11.4 Å². The lowest BCUT2D eigenvalue weighted by atomic mass is 10.1. The van der Waals surface area contributed by atoms with Gasteiger partial charge in [-0.3, -0.25) is 9.36 Å². The summed E-state index contributed by atoms with van der Waals surface area (Å²) in [6, 6.07) is 9.25. The molecule has 182 valence electrons. The molecule has 0 atom stereocenters. The van der Waals surface area contributed by atoms with E-state index in [4.69, 9.17) is 32.7 Å². The second kappa shape index (κ2) is 11.9. The Labute approximate surface area is 215 Å². The van der Waals surface area contributed by atoms with E-state index < -0.39 is 17.8 Å². The number of amides is 1. The highest BCUT2D eigenvalue weighted by molar-refractivity contribution is 7.99.